The van der Waals surface area contributed by atoms with Gasteiger partial charge in [-0.3, -0.25) is 14.4 Å². The minimum Gasteiger partial charge on any atom is -0.361 e. The first-order chi connectivity index (χ1) is 16.8. The highest BCUT2D eigenvalue weighted by atomic mass is 19.1. The number of benzene rings is 2. The number of halogens is 2. The molecule has 35 heavy (non-hydrogen) atoms. The predicted octanol–water partition coefficient (Wildman–Crippen LogP) is 2.28. The number of para-hydroxylation sites is 1. The van der Waals surface area contributed by atoms with Gasteiger partial charge < -0.3 is 25.9 Å². The molecule has 0 saturated heterocycles. The third kappa shape index (κ3) is 5.61. The molecule has 180 valence electrons. The molecule has 2 heterocycles. The van der Waals surface area contributed by atoms with E-state index in [1.54, 1.807) is 6.20 Å². The standard InChI is InChI=1S/C25H23F2N5O3/c26-17-6-5-15(20(27)10-17)13-32-14-18(7-8-24(32)34)30-25(35)22(31-23(33)11-28)9-16-12-29-21-4-2-1-3-19(16)21/h1-8,10,12,14,22,29H,9,11,13,28H2,(H,30,35)(H,31,33)/t22-/m0/s1. The summed E-state index contributed by atoms with van der Waals surface area (Å²) < 4.78 is 28.4. The van der Waals surface area contributed by atoms with Gasteiger partial charge >= 0.3 is 0 Å². The topological polar surface area (TPSA) is 122 Å². The van der Waals surface area contributed by atoms with Crippen LogP contribution in [-0.2, 0) is 22.6 Å². The lowest BCUT2D eigenvalue weighted by Gasteiger charge is -2.18. The Morgan fingerprint density at radius 1 is 1.06 bits per heavy atom. The largest absolute Gasteiger partial charge is 0.361 e. The molecule has 10 heteroatoms. The number of nitrogens with zero attached hydrogens (tertiary/aromatic N) is 1. The number of pyridine rings is 1. The third-order valence-corrected chi connectivity index (χ3v) is 5.54. The Bertz CT molecular complexity index is 1450. The van der Waals surface area contributed by atoms with Crippen LogP contribution in [0.25, 0.3) is 10.9 Å². The number of anilines is 1. The van der Waals surface area contributed by atoms with E-state index in [4.69, 9.17) is 5.73 Å². The lowest BCUT2D eigenvalue weighted by atomic mass is 10.0. The molecule has 0 aliphatic heterocycles. The molecule has 0 fully saturated rings. The van der Waals surface area contributed by atoms with Gasteiger partial charge in [0.1, 0.15) is 17.7 Å². The number of aromatic amines is 1. The van der Waals surface area contributed by atoms with Crippen molar-refractivity contribution in [3.05, 3.63) is 100 Å². The van der Waals surface area contributed by atoms with E-state index in [-0.39, 0.29) is 30.8 Å². The van der Waals surface area contributed by atoms with Gasteiger partial charge in [0.05, 0.1) is 18.8 Å². The van der Waals surface area contributed by atoms with Gasteiger partial charge in [-0.15, -0.1) is 0 Å². The first kappa shape index (κ1) is 23.8. The Kier molecular flexibility index (Phi) is 7.02. The zero-order chi connectivity index (χ0) is 24.9. The van der Waals surface area contributed by atoms with E-state index in [2.05, 4.69) is 15.6 Å². The van der Waals surface area contributed by atoms with Gasteiger partial charge in [-0.05, 0) is 23.8 Å². The Hall–Kier alpha value is -4.31. The first-order valence-electron chi connectivity index (χ1n) is 10.8. The number of nitrogens with one attached hydrogen (secondary N) is 3. The maximum Gasteiger partial charge on any atom is 0.250 e. The fourth-order valence-corrected chi connectivity index (χ4v) is 3.77. The average Bonchev–Trinajstić information content (AvgIpc) is 3.25. The van der Waals surface area contributed by atoms with E-state index in [1.807, 2.05) is 24.3 Å². The lowest BCUT2D eigenvalue weighted by Crippen LogP contribution is -2.47. The summed E-state index contributed by atoms with van der Waals surface area (Å²) in [7, 11) is 0. The van der Waals surface area contributed by atoms with E-state index in [0.717, 1.165) is 28.6 Å². The van der Waals surface area contributed by atoms with Gasteiger partial charge in [0.25, 0.3) is 5.56 Å². The summed E-state index contributed by atoms with van der Waals surface area (Å²) >= 11 is 0. The average molecular weight is 479 g/mol. The van der Waals surface area contributed by atoms with Crippen LogP contribution >= 0.6 is 0 Å². The Morgan fingerprint density at radius 3 is 2.63 bits per heavy atom. The van der Waals surface area contributed by atoms with Gasteiger partial charge in [0.15, 0.2) is 0 Å². The van der Waals surface area contributed by atoms with Crippen molar-refractivity contribution in [3.63, 3.8) is 0 Å². The number of aromatic nitrogens is 2. The molecule has 4 aromatic rings. The normalized spacial score (nSPS) is 11.9. The molecule has 0 aliphatic carbocycles. The molecule has 2 amide bonds. The van der Waals surface area contributed by atoms with Crippen molar-refractivity contribution >= 4 is 28.4 Å². The monoisotopic (exact) mass is 479 g/mol. The summed E-state index contributed by atoms with van der Waals surface area (Å²) in [6.45, 7) is -0.441. The van der Waals surface area contributed by atoms with Crippen LogP contribution < -0.4 is 21.9 Å². The first-order valence-corrected chi connectivity index (χ1v) is 10.8. The molecule has 1 atom stereocenters. The number of fused-ring (bicyclic) bond motifs is 1. The maximum atomic E-state index is 14.1. The molecule has 8 nitrogen and oxygen atoms in total. The van der Waals surface area contributed by atoms with Crippen molar-refractivity contribution in [3.8, 4) is 0 Å². The van der Waals surface area contributed by atoms with Crippen LogP contribution in [0.4, 0.5) is 14.5 Å². The van der Waals surface area contributed by atoms with Gasteiger partial charge in [0.2, 0.25) is 11.8 Å². The molecular weight excluding hydrogens is 456 g/mol. The summed E-state index contributed by atoms with van der Waals surface area (Å²) in [6, 6.07) is 12.4. The number of carbonyl (C=O) groups excluding carboxylic acids is 2. The quantitative estimate of drug-likeness (QED) is 0.310. The van der Waals surface area contributed by atoms with E-state index in [1.165, 1.54) is 29.0 Å². The van der Waals surface area contributed by atoms with Gasteiger partial charge in [-0.2, -0.15) is 0 Å². The zero-order valence-electron chi connectivity index (χ0n) is 18.6. The van der Waals surface area contributed by atoms with Crippen LogP contribution in [0.15, 0.2) is 71.8 Å². The van der Waals surface area contributed by atoms with E-state index in [0.29, 0.717) is 0 Å². The minimum atomic E-state index is -0.944. The maximum absolute atomic E-state index is 14.1. The van der Waals surface area contributed by atoms with E-state index in [9.17, 15) is 23.2 Å². The SMILES string of the molecule is NCC(=O)N[C@@H](Cc1c[nH]c2ccccc12)C(=O)Nc1ccc(=O)n(Cc2ccc(F)cc2F)c1. The molecule has 0 radical (unpaired) electrons. The highest BCUT2D eigenvalue weighted by Crippen LogP contribution is 2.20. The molecule has 0 unspecified atom stereocenters. The molecule has 2 aromatic carbocycles. The van der Waals surface area contributed by atoms with Crippen molar-refractivity contribution in [2.24, 2.45) is 5.73 Å². The van der Waals surface area contributed by atoms with Crippen LogP contribution in [0.5, 0.6) is 0 Å². The number of H-pyrrole nitrogens is 1. The van der Waals surface area contributed by atoms with Crippen molar-refractivity contribution in [1.82, 2.24) is 14.9 Å². The number of nitrogens with two attached hydrogens (primary N) is 1. The number of hydrogen-bond donors (Lipinski definition) is 4. The van der Waals surface area contributed by atoms with Crippen molar-refractivity contribution < 1.29 is 18.4 Å². The molecule has 4 rings (SSSR count). The van der Waals surface area contributed by atoms with Crippen LogP contribution in [0.2, 0.25) is 0 Å². The fourth-order valence-electron chi connectivity index (χ4n) is 3.77. The van der Waals surface area contributed by atoms with Crippen molar-refractivity contribution in [2.75, 3.05) is 11.9 Å². The molecule has 0 saturated carbocycles. The molecular formula is C25H23F2N5O3. The summed E-state index contributed by atoms with van der Waals surface area (Å²) in [6.07, 6.45) is 3.33. The van der Waals surface area contributed by atoms with Crippen LogP contribution in [0, 0.1) is 11.6 Å². The van der Waals surface area contributed by atoms with E-state index >= 15 is 0 Å². The summed E-state index contributed by atoms with van der Waals surface area (Å²) in [4.78, 5) is 40.5. The number of carbonyl (C=O) groups is 2. The second-order valence-electron chi connectivity index (χ2n) is 8.00. The summed E-state index contributed by atoms with van der Waals surface area (Å²) in [5, 5.41) is 6.23. The second kappa shape index (κ2) is 10.3. The Labute approximate surface area is 198 Å². The molecule has 0 spiro atoms. The van der Waals surface area contributed by atoms with Crippen LogP contribution in [0.1, 0.15) is 11.1 Å². The van der Waals surface area contributed by atoms with Crippen LogP contribution in [0.3, 0.4) is 0 Å². The number of hydrogen-bond acceptors (Lipinski definition) is 4. The van der Waals surface area contributed by atoms with E-state index < -0.39 is 35.0 Å². The summed E-state index contributed by atoms with van der Waals surface area (Å²) in [5.41, 5.74) is 7.10. The van der Waals surface area contributed by atoms with Crippen molar-refractivity contribution in [2.45, 2.75) is 19.0 Å². The van der Waals surface area contributed by atoms with Gasteiger partial charge in [-0.1, -0.05) is 24.3 Å². The molecule has 5 N–H and O–H groups in total. The molecule has 2 aromatic heterocycles. The summed E-state index contributed by atoms with van der Waals surface area (Å²) in [5.74, 6) is -2.52. The minimum absolute atomic E-state index is 0.115. The zero-order valence-corrected chi connectivity index (χ0v) is 18.6. The van der Waals surface area contributed by atoms with Gasteiger partial charge in [-0.25, -0.2) is 8.78 Å². The van der Waals surface area contributed by atoms with Gasteiger partial charge in [0, 0.05) is 47.4 Å². The van der Waals surface area contributed by atoms with Crippen LogP contribution in [-0.4, -0.2) is 34.0 Å². The highest BCUT2D eigenvalue weighted by Gasteiger charge is 2.22. The Balaban J connectivity index is 1.55. The molecule has 0 aliphatic rings. The fraction of sp³-hybridized carbons (Fsp3) is 0.160. The number of amides is 2. The molecule has 0 bridgehead atoms. The number of rotatable bonds is 8. The Morgan fingerprint density at radius 2 is 1.86 bits per heavy atom. The van der Waals surface area contributed by atoms with Crippen molar-refractivity contribution in [1.29, 1.82) is 0 Å². The predicted molar refractivity (Wildman–Crippen MR) is 128 cm³/mol. The third-order valence-electron chi connectivity index (χ3n) is 5.54. The second-order valence-corrected chi connectivity index (χ2v) is 8.00. The lowest BCUT2D eigenvalue weighted by molar-refractivity contribution is -0.125. The highest BCUT2D eigenvalue weighted by molar-refractivity contribution is 5.98. The smallest absolute Gasteiger partial charge is 0.250 e.